The molecule has 1 saturated heterocycles. The molecule has 1 heterocycles. The van der Waals surface area contributed by atoms with Gasteiger partial charge in [-0.1, -0.05) is 12.5 Å². The average Bonchev–Trinajstić information content (AvgIpc) is 2.40. The van der Waals surface area contributed by atoms with Crippen molar-refractivity contribution in [2.24, 2.45) is 0 Å². The summed E-state index contributed by atoms with van der Waals surface area (Å²) in [6, 6.07) is 5.63. The summed E-state index contributed by atoms with van der Waals surface area (Å²) in [7, 11) is 0. The Kier molecular flexibility index (Phi) is 4.26. The number of piperidine rings is 1. The summed E-state index contributed by atoms with van der Waals surface area (Å²) in [5, 5.41) is 0. The monoisotopic (exact) mass is 246 g/mol. The number of likely N-dealkylation sites (tertiary alicyclic amines) is 1. The van der Waals surface area contributed by atoms with Crippen molar-refractivity contribution in [3.8, 4) is 0 Å². The number of hydrogen-bond donors (Lipinski definition) is 0. The third-order valence-corrected chi connectivity index (χ3v) is 3.27. The maximum Gasteiger partial charge on any atom is 0.179 e. The molecule has 1 aliphatic heterocycles. The Bertz CT molecular complexity index is 427. The van der Waals surface area contributed by atoms with Crippen molar-refractivity contribution in [2.45, 2.75) is 25.3 Å². The van der Waals surface area contributed by atoms with E-state index in [0.29, 0.717) is 5.56 Å². The summed E-state index contributed by atoms with van der Waals surface area (Å²) in [5.41, 5.74) is 0.575. The summed E-state index contributed by atoms with van der Waals surface area (Å²) in [4.78, 5) is 14.4. The lowest BCUT2D eigenvalue weighted by Gasteiger charge is -2.33. The lowest BCUT2D eigenvalue weighted by atomic mass is 9.94. The second-order valence-electron chi connectivity index (χ2n) is 4.51. The molecule has 1 aromatic carbocycles. The van der Waals surface area contributed by atoms with Crippen molar-refractivity contribution in [1.82, 2.24) is 4.90 Å². The van der Waals surface area contributed by atoms with E-state index in [9.17, 15) is 9.18 Å². The molecule has 1 aliphatic rings. The molecule has 1 aromatic rings. The Balaban J connectivity index is 2.15. The van der Waals surface area contributed by atoms with Gasteiger partial charge in [-0.05, 0) is 43.7 Å². The molecule has 0 saturated carbocycles. The zero-order chi connectivity index (χ0) is 13.0. The van der Waals surface area contributed by atoms with E-state index in [1.165, 1.54) is 12.1 Å². The zero-order valence-corrected chi connectivity index (χ0v) is 10.3. The molecule has 0 N–H and O–H groups in total. The fourth-order valence-corrected chi connectivity index (χ4v) is 2.36. The van der Waals surface area contributed by atoms with Crippen LogP contribution in [0.5, 0.6) is 0 Å². The van der Waals surface area contributed by atoms with E-state index >= 15 is 0 Å². The predicted molar refractivity (Wildman–Crippen MR) is 69.6 cm³/mol. The van der Waals surface area contributed by atoms with Crippen LogP contribution in [0.15, 0.2) is 36.9 Å². The van der Waals surface area contributed by atoms with Crippen molar-refractivity contribution in [3.05, 3.63) is 54.8 Å². The largest absolute Gasteiger partial charge is 0.292 e. The van der Waals surface area contributed by atoms with Gasteiger partial charge in [0.15, 0.2) is 5.78 Å². The fraction of sp³-hybridized carbons (Fsp3) is 0.333. The van der Waals surface area contributed by atoms with Gasteiger partial charge in [-0.25, -0.2) is 4.39 Å². The molecule has 0 amide bonds. The third kappa shape index (κ3) is 2.85. The summed E-state index contributed by atoms with van der Waals surface area (Å²) in [6.45, 7) is 6.42. The fourth-order valence-electron chi connectivity index (χ4n) is 2.36. The van der Waals surface area contributed by atoms with Gasteiger partial charge < -0.3 is 0 Å². The molecule has 18 heavy (non-hydrogen) atoms. The molecule has 1 radical (unpaired) electrons. The van der Waals surface area contributed by atoms with E-state index in [-0.39, 0.29) is 17.6 Å². The van der Waals surface area contributed by atoms with Crippen LogP contribution in [0, 0.1) is 12.4 Å². The van der Waals surface area contributed by atoms with E-state index in [1.54, 1.807) is 18.2 Å². The maximum atomic E-state index is 12.8. The highest BCUT2D eigenvalue weighted by Gasteiger charge is 2.28. The van der Waals surface area contributed by atoms with Crippen molar-refractivity contribution in [3.63, 3.8) is 0 Å². The summed E-state index contributed by atoms with van der Waals surface area (Å²) in [5.74, 6) is -0.252. The Hall–Kier alpha value is -1.48. The first-order chi connectivity index (χ1) is 8.72. The summed E-state index contributed by atoms with van der Waals surface area (Å²) in [6.07, 6.45) is 4.70. The first-order valence-corrected chi connectivity index (χ1v) is 6.24. The van der Waals surface area contributed by atoms with Crippen LogP contribution < -0.4 is 0 Å². The van der Waals surface area contributed by atoms with E-state index in [0.717, 1.165) is 25.8 Å². The van der Waals surface area contributed by atoms with Crippen LogP contribution in [0.1, 0.15) is 29.6 Å². The smallest absolute Gasteiger partial charge is 0.179 e. The van der Waals surface area contributed by atoms with Gasteiger partial charge in [-0.3, -0.25) is 9.69 Å². The van der Waals surface area contributed by atoms with Crippen LogP contribution in [0.3, 0.4) is 0 Å². The molecule has 2 nitrogen and oxygen atoms in total. The van der Waals surface area contributed by atoms with Gasteiger partial charge in [0.05, 0.1) is 6.04 Å². The highest BCUT2D eigenvalue weighted by molar-refractivity contribution is 6.00. The average molecular weight is 246 g/mol. The van der Waals surface area contributed by atoms with Gasteiger partial charge in [0.1, 0.15) is 5.82 Å². The van der Waals surface area contributed by atoms with E-state index in [1.807, 2.05) is 11.4 Å². The number of carbonyl (C=O) groups is 1. The van der Waals surface area contributed by atoms with Gasteiger partial charge in [-0.2, -0.15) is 0 Å². The molecule has 1 atom stereocenters. The molecule has 0 spiro atoms. The molecule has 1 unspecified atom stereocenters. The van der Waals surface area contributed by atoms with Crippen molar-refractivity contribution < 1.29 is 9.18 Å². The topological polar surface area (TPSA) is 20.3 Å². The van der Waals surface area contributed by atoms with Gasteiger partial charge in [0.25, 0.3) is 0 Å². The normalized spacial score (nSPS) is 20.6. The predicted octanol–water partition coefficient (Wildman–Crippen LogP) is 3.21. The minimum atomic E-state index is -0.315. The number of benzene rings is 1. The molecule has 3 heteroatoms. The van der Waals surface area contributed by atoms with Crippen LogP contribution in [-0.4, -0.2) is 23.3 Å². The zero-order valence-electron chi connectivity index (χ0n) is 10.3. The van der Waals surface area contributed by atoms with Gasteiger partial charge in [0, 0.05) is 12.1 Å². The van der Waals surface area contributed by atoms with Gasteiger partial charge >= 0.3 is 0 Å². The van der Waals surface area contributed by atoms with Gasteiger partial charge in [0.2, 0.25) is 0 Å². The molecular formula is C15H17FNO. The maximum absolute atomic E-state index is 12.8. The minimum absolute atomic E-state index is 0.0628. The first-order valence-electron chi connectivity index (χ1n) is 6.24. The quantitative estimate of drug-likeness (QED) is 0.760. The Morgan fingerprint density at radius 2 is 2.06 bits per heavy atom. The van der Waals surface area contributed by atoms with Crippen LogP contribution in [0.2, 0.25) is 0 Å². The van der Waals surface area contributed by atoms with E-state index in [4.69, 9.17) is 0 Å². The highest BCUT2D eigenvalue weighted by atomic mass is 19.1. The molecule has 1 fully saturated rings. The Labute approximate surface area is 107 Å². The molecule has 0 bridgehead atoms. The van der Waals surface area contributed by atoms with Crippen molar-refractivity contribution >= 4 is 5.78 Å². The van der Waals surface area contributed by atoms with Crippen LogP contribution in [0.25, 0.3) is 0 Å². The SMILES string of the molecule is C=C[CH]N1CCCCC1C(=O)c1ccc(F)cc1. The number of hydrogen-bond acceptors (Lipinski definition) is 2. The Morgan fingerprint density at radius 1 is 1.33 bits per heavy atom. The van der Waals surface area contributed by atoms with Gasteiger partial charge in [-0.15, -0.1) is 6.58 Å². The standard InChI is InChI=1S/C15H17FNO/c1-2-10-17-11-4-3-5-14(17)15(18)12-6-8-13(16)9-7-12/h2,6-10,14H,1,3-5,11H2. The number of nitrogens with zero attached hydrogens (tertiary/aromatic N) is 1. The first kappa shape index (κ1) is 13.0. The number of carbonyl (C=O) groups excluding carboxylic acids is 1. The van der Waals surface area contributed by atoms with Crippen LogP contribution in [0.4, 0.5) is 4.39 Å². The number of halogens is 1. The third-order valence-electron chi connectivity index (χ3n) is 3.27. The molecule has 0 aliphatic carbocycles. The van der Waals surface area contributed by atoms with Crippen LogP contribution in [-0.2, 0) is 0 Å². The lowest BCUT2D eigenvalue weighted by Crippen LogP contribution is -2.42. The molecule has 2 rings (SSSR count). The minimum Gasteiger partial charge on any atom is -0.292 e. The lowest BCUT2D eigenvalue weighted by molar-refractivity contribution is 0.0809. The van der Waals surface area contributed by atoms with Crippen LogP contribution >= 0.6 is 0 Å². The number of Topliss-reactive ketones (excluding diaryl/α,β-unsaturated/α-hetero) is 1. The number of rotatable bonds is 4. The summed E-state index contributed by atoms with van der Waals surface area (Å²) < 4.78 is 12.8. The highest BCUT2D eigenvalue weighted by Crippen LogP contribution is 2.22. The molecule has 95 valence electrons. The molecular weight excluding hydrogens is 229 g/mol. The van der Waals surface area contributed by atoms with E-state index in [2.05, 4.69) is 6.58 Å². The second-order valence-corrected chi connectivity index (χ2v) is 4.51. The summed E-state index contributed by atoms with van der Waals surface area (Å²) >= 11 is 0. The van der Waals surface area contributed by atoms with Crippen molar-refractivity contribution in [2.75, 3.05) is 6.54 Å². The van der Waals surface area contributed by atoms with Crippen molar-refractivity contribution in [1.29, 1.82) is 0 Å². The Morgan fingerprint density at radius 3 is 2.72 bits per heavy atom. The molecule has 0 aromatic heterocycles. The van der Waals surface area contributed by atoms with E-state index < -0.39 is 0 Å². The second kappa shape index (κ2) is 5.91. The number of ketones is 1.